The van der Waals surface area contributed by atoms with Crippen LogP contribution in [0.4, 0.5) is 4.79 Å². The number of aryl methyl sites for hydroxylation is 1. The molecule has 1 amide bonds. The number of hydrogen-bond donors (Lipinski definition) is 4. The predicted octanol–water partition coefficient (Wildman–Crippen LogP) is 2.02. The number of carbonyl (C=O) groups is 1. The molecule has 2 aromatic rings. The fourth-order valence-corrected chi connectivity index (χ4v) is 2.20. The van der Waals surface area contributed by atoms with Gasteiger partial charge >= 0.3 is 6.09 Å². The van der Waals surface area contributed by atoms with Crippen LogP contribution in [0, 0.1) is 6.92 Å². The van der Waals surface area contributed by atoms with Crippen molar-refractivity contribution in [2.24, 2.45) is 0 Å². The van der Waals surface area contributed by atoms with E-state index in [2.05, 4.69) is 5.32 Å². The summed E-state index contributed by atoms with van der Waals surface area (Å²) < 4.78 is 5.01. The zero-order valence-electron chi connectivity index (χ0n) is 13.3. The van der Waals surface area contributed by atoms with E-state index in [1.165, 1.54) is 6.07 Å². The standard InChI is InChI=1S/C18H21NO5/c1-12-6-5-9-14(16(12)21)17(22)15(20)10-19-18(23)24-11-13-7-3-2-4-8-13/h2-9,15,17,20-22H,10-11H2,1H3,(H,19,23). The fourth-order valence-electron chi connectivity index (χ4n) is 2.20. The molecular formula is C18H21NO5. The molecule has 2 rings (SSSR count). The highest BCUT2D eigenvalue weighted by atomic mass is 16.5. The van der Waals surface area contributed by atoms with E-state index >= 15 is 0 Å². The molecule has 6 heteroatoms. The molecule has 0 aliphatic carbocycles. The Labute approximate surface area is 140 Å². The van der Waals surface area contributed by atoms with Crippen LogP contribution < -0.4 is 5.32 Å². The van der Waals surface area contributed by atoms with E-state index in [0.29, 0.717) is 5.56 Å². The van der Waals surface area contributed by atoms with Gasteiger partial charge in [0.2, 0.25) is 0 Å². The SMILES string of the molecule is Cc1cccc(C(O)C(O)CNC(=O)OCc2ccccc2)c1O. The number of benzene rings is 2. The molecule has 2 unspecified atom stereocenters. The van der Waals surface area contributed by atoms with E-state index in [-0.39, 0.29) is 24.5 Å². The van der Waals surface area contributed by atoms with Gasteiger partial charge in [-0.2, -0.15) is 0 Å². The number of aliphatic hydroxyl groups excluding tert-OH is 2. The Balaban J connectivity index is 1.82. The topological polar surface area (TPSA) is 99.0 Å². The third kappa shape index (κ3) is 4.71. The number of para-hydroxylation sites is 1. The lowest BCUT2D eigenvalue weighted by Crippen LogP contribution is -2.35. The van der Waals surface area contributed by atoms with Gasteiger partial charge < -0.3 is 25.4 Å². The number of rotatable bonds is 6. The summed E-state index contributed by atoms with van der Waals surface area (Å²) in [5.74, 6) is -0.0734. The Morgan fingerprint density at radius 3 is 2.54 bits per heavy atom. The van der Waals surface area contributed by atoms with Crippen LogP contribution >= 0.6 is 0 Å². The molecule has 24 heavy (non-hydrogen) atoms. The van der Waals surface area contributed by atoms with Gasteiger partial charge in [0.25, 0.3) is 0 Å². The van der Waals surface area contributed by atoms with E-state index in [1.807, 2.05) is 30.3 Å². The largest absolute Gasteiger partial charge is 0.507 e. The number of carbonyl (C=O) groups excluding carboxylic acids is 1. The summed E-state index contributed by atoms with van der Waals surface area (Å²) in [5.41, 5.74) is 1.65. The number of aromatic hydroxyl groups is 1. The van der Waals surface area contributed by atoms with Gasteiger partial charge in [-0.15, -0.1) is 0 Å². The maximum atomic E-state index is 11.6. The molecule has 128 valence electrons. The van der Waals surface area contributed by atoms with Gasteiger partial charge in [-0.3, -0.25) is 0 Å². The lowest BCUT2D eigenvalue weighted by Gasteiger charge is -2.20. The monoisotopic (exact) mass is 331 g/mol. The number of aliphatic hydroxyl groups is 2. The molecule has 0 saturated heterocycles. The van der Waals surface area contributed by atoms with Gasteiger partial charge in [-0.25, -0.2) is 4.79 Å². The van der Waals surface area contributed by atoms with Crippen molar-refractivity contribution in [3.8, 4) is 5.75 Å². The van der Waals surface area contributed by atoms with Crippen molar-refractivity contribution in [3.63, 3.8) is 0 Å². The van der Waals surface area contributed by atoms with Crippen LogP contribution in [-0.4, -0.2) is 34.1 Å². The first-order valence-corrected chi connectivity index (χ1v) is 7.58. The van der Waals surface area contributed by atoms with E-state index in [1.54, 1.807) is 19.1 Å². The summed E-state index contributed by atoms with van der Waals surface area (Å²) >= 11 is 0. The van der Waals surface area contributed by atoms with E-state index in [4.69, 9.17) is 4.74 Å². The quantitative estimate of drug-likeness (QED) is 0.649. The highest BCUT2D eigenvalue weighted by molar-refractivity contribution is 5.67. The third-order valence-corrected chi connectivity index (χ3v) is 3.62. The molecule has 0 aromatic heterocycles. The van der Waals surface area contributed by atoms with Gasteiger partial charge in [0, 0.05) is 12.1 Å². The highest BCUT2D eigenvalue weighted by Gasteiger charge is 2.22. The fraction of sp³-hybridized carbons (Fsp3) is 0.278. The zero-order chi connectivity index (χ0) is 17.5. The van der Waals surface area contributed by atoms with Gasteiger partial charge in [0.1, 0.15) is 24.6 Å². The molecule has 0 bridgehead atoms. The van der Waals surface area contributed by atoms with Crippen LogP contribution in [0.2, 0.25) is 0 Å². The molecule has 4 N–H and O–H groups in total. The number of phenols is 1. The lowest BCUT2D eigenvalue weighted by molar-refractivity contribution is 0.0171. The van der Waals surface area contributed by atoms with Crippen molar-refractivity contribution in [2.45, 2.75) is 25.7 Å². The number of phenolic OH excluding ortho intramolecular Hbond substituents is 1. The Bertz CT molecular complexity index is 674. The van der Waals surface area contributed by atoms with Gasteiger partial charge in [-0.05, 0) is 18.1 Å². The van der Waals surface area contributed by atoms with Crippen LogP contribution in [0.5, 0.6) is 5.75 Å². The van der Waals surface area contributed by atoms with Crippen molar-refractivity contribution in [3.05, 3.63) is 65.2 Å². The molecule has 2 atom stereocenters. The normalized spacial score (nSPS) is 13.1. The Kier molecular flexibility index (Phi) is 6.17. The molecular weight excluding hydrogens is 310 g/mol. The summed E-state index contributed by atoms with van der Waals surface area (Å²) in [4.78, 5) is 11.6. The predicted molar refractivity (Wildman–Crippen MR) is 88.4 cm³/mol. The Morgan fingerprint density at radius 1 is 1.12 bits per heavy atom. The Morgan fingerprint density at radius 2 is 1.83 bits per heavy atom. The lowest BCUT2D eigenvalue weighted by atomic mass is 10.0. The minimum Gasteiger partial charge on any atom is -0.507 e. The van der Waals surface area contributed by atoms with E-state index in [0.717, 1.165) is 5.56 Å². The summed E-state index contributed by atoms with van der Waals surface area (Å²) in [7, 11) is 0. The molecule has 0 heterocycles. The summed E-state index contributed by atoms with van der Waals surface area (Å²) in [6.07, 6.45) is -3.29. The average Bonchev–Trinajstić information content (AvgIpc) is 2.60. The molecule has 0 radical (unpaired) electrons. The second-order valence-electron chi connectivity index (χ2n) is 5.47. The van der Waals surface area contributed by atoms with Crippen molar-refractivity contribution in [1.82, 2.24) is 5.32 Å². The minimum atomic E-state index is -1.32. The summed E-state index contributed by atoms with van der Waals surface area (Å²) in [6, 6.07) is 14.1. The van der Waals surface area contributed by atoms with Gasteiger partial charge in [0.15, 0.2) is 0 Å². The van der Waals surface area contributed by atoms with Crippen LogP contribution in [0.15, 0.2) is 48.5 Å². The maximum absolute atomic E-state index is 11.6. The average molecular weight is 331 g/mol. The van der Waals surface area contributed by atoms with Crippen molar-refractivity contribution in [1.29, 1.82) is 0 Å². The molecule has 0 spiro atoms. The summed E-state index contributed by atoms with van der Waals surface area (Å²) in [5, 5.41) is 32.4. The van der Waals surface area contributed by atoms with E-state index < -0.39 is 18.3 Å². The first kappa shape index (κ1) is 17.8. The molecule has 0 aliphatic rings. The molecule has 0 fully saturated rings. The first-order valence-electron chi connectivity index (χ1n) is 7.58. The zero-order valence-corrected chi connectivity index (χ0v) is 13.3. The van der Waals surface area contributed by atoms with Gasteiger partial charge in [-0.1, -0.05) is 48.5 Å². The number of hydrogen-bond acceptors (Lipinski definition) is 5. The van der Waals surface area contributed by atoms with Crippen LogP contribution in [0.25, 0.3) is 0 Å². The molecule has 0 saturated carbocycles. The maximum Gasteiger partial charge on any atom is 0.407 e. The van der Waals surface area contributed by atoms with Crippen LogP contribution in [0.1, 0.15) is 22.8 Å². The molecule has 2 aromatic carbocycles. The molecule has 0 aliphatic heterocycles. The van der Waals surface area contributed by atoms with Crippen LogP contribution in [-0.2, 0) is 11.3 Å². The van der Waals surface area contributed by atoms with Crippen LogP contribution in [0.3, 0.4) is 0 Å². The van der Waals surface area contributed by atoms with Crippen molar-refractivity contribution < 1.29 is 24.9 Å². The Hall–Kier alpha value is -2.57. The number of amides is 1. The smallest absolute Gasteiger partial charge is 0.407 e. The second kappa shape index (κ2) is 8.33. The minimum absolute atomic E-state index is 0.0734. The number of nitrogens with one attached hydrogen (secondary N) is 1. The van der Waals surface area contributed by atoms with Crippen molar-refractivity contribution >= 4 is 6.09 Å². The molecule has 6 nitrogen and oxygen atoms in total. The highest BCUT2D eigenvalue weighted by Crippen LogP contribution is 2.29. The number of ether oxygens (including phenoxy) is 1. The van der Waals surface area contributed by atoms with Gasteiger partial charge in [0.05, 0.1) is 0 Å². The first-order chi connectivity index (χ1) is 11.5. The third-order valence-electron chi connectivity index (χ3n) is 3.62. The summed E-state index contributed by atoms with van der Waals surface area (Å²) in [6.45, 7) is 1.60. The van der Waals surface area contributed by atoms with E-state index in [9.17, 15) is 20.1 Å². The van der Waals surface area contributed by atoms with Crippen molar-refractivity contribution in [2.75, 3.05) is 6.54 Å². The number of alkyl carbamates (subject to hydrolysis) is 1. The second-order valence-corrected chi connectivity index (χ2v) is 5.47.